The molecule has 0 saturated carbocycles. The molecule has 0 spiro atoms. The third-order valence-electron chi connectivity index (χ3n) is 4.24. The van der Waals surface area contributed by atoms with Crippen molar-refractivity contribution < 1.29 is 23.8 Å². The van der Waals surface area contributed by atoms with Gasteiger partial charge in [-0.05, 0) is 19.1 Å². The number of para-hydroxylation sites is 1. The van der Waals surface area contributed by atoms with E-state index in [9.17, 15) is 9.59 Å². The molecule has 2 aliphatic heterocycles. The number of amides is 1. The van der Waals surface area contributed by atoms with Crippen molar-refractivity contribution in [3.8, 4) is 5.75 Å². The highest BCUT2D eigenvalue weighted by Gasteiger charge is 2.74. The largest absolute Gasteiger partial charge is 0.486 e. The zero-order valence-electron chi connectivity index (χ0n) is 12.2. The molecule has 21 heavy (non-hydrogen) atoms. The van der Waals surface area contributed by atoms with Crippen molar-refractivity contribution in [2.24, 2.45) is 0 Å². The summed E-state index contributed by atoms with van der Waals surface area (Å²) in [6.45, 7) is 1.77. The molecule has 0 N–H and O–H groups in total. The SMILES string of the molecule is COC(=O)[C@]12O[C@](C)(C[C@H]1Oc1ccccc1)N(C)C2=O. The van der Waals surface area contributed by atoms with Gasteiger partial charge in [-0.1, -0.05) is 18.2 Å². The summed E-state index contributed by atoms with van der Waals surface area (Å²) in [6, 6.07) is 9.05. The van der Waals surface area contributed by atoms with Crippen molar-refractivity contribution >= 4 is 11.9 Å². The van der Waals surface area contributed by atoms with Gasteiger partial charge in [0.2, 0.25) is 0 Å². The number of ether oxygens (including phenoxy) is 3. The number of likely N-dealkylation sites (N-methyl/N-ethyl adjacent to an activating group) is 1. The maximum absolute atomic E-state index is 12.5. The van der Waals surface area contributed by atoms with E-state index in [-0.39, 0.29) is 0 Å². The Labute approximate surface area is 122 Å². The topological polar surface area (TPSA) is 65.1 Å². The standard InChI is InChI=1S/C15H17NO5/c1-14-9-11(20-10-7-5-4-6-8-10)15(21-14,13(18)19-3)12(17)16(14)2/h4-8,11H,9H2,1-3H3/t11-,14-,15+/m1/s1. The van der Waals surface area contributed by atoms with E-state index in [0.717, 1.165) is 0 Å². The molecule has 112 valence electrons. The Morgan fingerprint density at radius 3 is 2.62 bits per heavy atom. The van der Waals surface area contributed by atoms with Gasteiger partial charge < -0.3 is 19.1 Å². The summed E-state index contributed by atoms with van der Waals surface area (Å²) >= 11 is 0. The van der Waals surface area contributed by atoms with Gasteiger partial charge in [0.1, 0.15) is 11.5 Å². The molecular weight excluding hydrogens is 274 g/mol. The lowest BCUT2D eigenvalue weighted by Crippen LogP contribution is -2.60. The van der Waals surface area contributed by atoms with Gasteiger partial charge in [0, 0.05) is 13.5 Å². The Kier molecular flexibility index (Phi) is 2.95. The average Bonchev–Trinajstić information content (AvgIpc) is 2.89. The number of hydrogen-bond donors (Lipinski definition) is 0. The van der Waals surface area contributed by atoms with Gasteiger partial charge in [0.25, 0.3) is 11.5 Å². The minimum atomic E-state index is -1.71. The first-order valence-electron chi connectivity index (χ1n) is 6.72. The quantitative estimate of drug-likeness (QED) is 0.613. The molecule has 1 aromatic rings. The molecule has 3 rings (SSSR count). The highest BCUT2D eigenvalue weighted by atomic mass is 16.6. The van der Waals surface area contributed by atoms with Crippen LogP contribution in [0.1, 0.15) is 13.3 Å². The van der Waals surface area contributed by atoms with Crippen molar-refractivity contribution in [1.82, 2.24) is 4.90 Å². The number of rotatable bonds is 3. The van der Waals surface area contributed by atoms with Crippen LogP contribution in [0.3, 0.4) is 0 Å². The van der Waals surface area contributed by atoms with E-state index in [1.165, 1.54) is 12.0 Å². The summed E-state index contributed by atoms with van der Waals surface area (Å²) in [7, 11) is 2.85. The Morgan fingerprint density at radius 1 is 1.38 bits per heavy atom. The number of carbonyl (C=O) groups is 2. The molecule has 3 atom stereocenters. The maximum Gasteiger partial charge on any atom is 0.352 e. The minimum absolute atomic E-state index is 0.402. The maximum atomic E-state index is 12.5. The van der Waals surface area contributed by atoms with E-state index >= 15 is 0 Å². The summed E-state index contributed by atoms with van der Waals surface area (Å²) in [6.07, 6.45) is -0.305. The van der Waals surface area contributed by atoms with Gasteiger partial charge >= 0.3 is 5.97 Å². The summed E-state index contributed by atoms with van der Waals surface area (Å²) in [5.74, 6) is -0.563. The van der Waals surface area contributed by atoms with Gasteiger partial charge in [-0.15, -0.1) is 0 Å². The molecule has 1 amide bonds. The predicted molar refractivity (Wildman–Crippen MR) is 72.5 cm³/mol. The van der Waals surface area contributed by atoms with Crippen molar-refractivity contribution in [3.05, 3.63) is 30.3 Å². The van der Waals surface area contributed by atoms with Crippen LogP contribution in [0, 0.1) is 0 Å². The third-order valence-corrected chi connectivity index (χ3v) is 4.24. The van der Waals surface area contributed by atoms with Crippen LogP contribution in [-0.4, -0.2) is 48.4 Å². The summed E-state index contributed by atoms with van der Waals surface area (Å²) in [5, 5.41) is 0. The first-order chi connectivity index (χ1) is 9.94. The number of piperidine rings is 1. The van der Waals surface area contributed by atoms with Crippen LogP contribution in [0.25, 0.3) is 0 Å². The first kappa shape index (κ1) is 13.9. The van der Waals surface area contributed by atoms with E-state index in [1.807, 2.05) is 18.2 Å². The first-order valence-corrected chi connectivity index (χ1v) is 6.72. The van der Waals surface area contributed by atoms with Gasteiger partial charge in [-0.3, -0.25) is 4.79 Å². The number of fused-ring (bicyclic) bond motifs is 2. The molecule has 0 unspecified atom stereocenters. The van der Waals surface area contributed by atoms with Crippen molar-refractivity contribution in [3.63, 3.8) is 0 Å². The smallest absolute Gasteiger partial charge is 0.352 e. The molecule has 6 nitrogen and oxygen atoms in total. The van der Waals surface area contributed by atoms with E-state index < -0.39 is 29.3 Å². The van der Waals surface area contributed by atoms with E-state index in [1.54, 1.807) is 26.1 Å². The number of esters is 1. The molecular formula is C15H17NO5. The number of methoxy groups -OCH3 is 1. The summed E-state index contributed by atoms with van der Waals surface area (Å²) in [5.41, 5.74) is -2.57. The normalized spacial score (nSPS) is 34.1. The van der Waals surface area contributed by atoms with Crippen molar-refractivity contribution in [2.45, 2.75) is 30.8 Å². The Morgan fingerprint density at radius 2 is 2.05 bits per heavy atom. The van der Waals surface area contributed by atoms with Gasteiger partial charge in [-0.25, -0.2) is 4.79 Å². The molecule has 2 heterocycles. The van der Waals surface area contributed by atoms with E-state index in [0.29, 0.717) is 12.2 Å². The third kappa shape index (κ3) is 1.75. The second-order valence-corrected chi connectivity index (χ2v) is 5.49. The molecule has 0 aliphatic carbocycles. The Bertz CT molecular complexity index is 589. The van der Waals surface area contributed by atoms with Crippen LogP contribution in [-0.2, 0) is 19.1 Å². The number of likely N-dealkylation sites (tertiary alicyclic amines) is 1. The molecule has 2 bridgehead atoms. The molecule has 0 aromatic heterocycles. The average molecular weight is 291 g/mol. The van der Waals surface area contributed by atoms with Gasteiger partial charge in [0.05, 0.1) is 7.11 Å². The van der Waals surface area contributed by atoms with E-state index in [2.05, 4.69) is 0 Å². The van der Waals surface area contributed by atoms with Crippen LogP contribution in [0.4, 0.5) is 0 Å². The minimum Gasteiger partial charge on any atom is -0.486 e. The fourth-order valence-electron chi connectivity index (χ4n) is 2.99. The molecule has 2 aliphatic rings. The highest BCUT2D eigenvalue weighted by molar-refractivity contribution is 6.09. The Balaban J connectivity index is 1.98. The molecule has 2 saturated heterocycles. The molecule has 0 radical (unpaired) electrons. The monoisotopic (exact) mass is 291 g/mol. The fraction of sp³-hybridized carbons (Fsp3) is 0.467. The second kappa shape index (κ2) is 4.46. The lowest BCUT2D eigenvalue weighted by molar-refractivity contribution is -0.174. The lowest BCUT2D eigenvalue weighted by Gasteiger charge is -2.34. The van der Waals surface area contributed by atoms with Crippen molar-refractivity contribution in [1.29, 1.82) is 0 Å². The molecule has 1 aromatic carbocycles. The predicted octanol–water partition coefficient (Wildman–Crippen LogP) is 0.954. The number of benzene rings is 1. The highest BCUT2D eigenvalue weighted by Crippen LogP contribution is 2.49. The van der Waals surface area contributed by atoms with Crippen LogP contribution in [0.15, 0.2) is 30.3 Å². The van der Waals surface area contributed by atoms with E-state index in [4.69, 9.17) is 14.2 Å². The van der Waals surface area contributed by atoms with Crippen LogP contribution < -0.4 is 4.74 Å². The van der Waals surface area contributed by atoms with Crippen molar-refractivity contribution in [2.75, 3.05) is 14.2 Å². The van der Waals surface area contributed by atoms with Gasteiger partial charge in [-0.2, -0.15) is 0 Å². The molecule has 6 heteroatoms. The van der Waals surface area contributed by atoms with Crippen LogP contribution in [0.5, 0.6) is 5.75 Å². The summed E-state index contributed by atoms with van der Waals surface area (Å²) in [4.78, 5) is 26.2. The zero-order valence-corrected chi connectivity index (χ0v) is 12.2. The number of carbonyl (C=O) groups excluding carboxylic acids is 2. The number of hydrogen-bond acceptors (Lipinski definition) is 5. The zero-order chi connectivity index (χ0) is 15.3. The fourth-order valence-corrected chi connectivity index (χ4v) is 2.99. The number of nitrogens with zero attached hydrogens (tertiary/aromatic N) is 1. The lowest BCUT2D eigenvalue weighted by atomic mass is 9.89. The second-order valence-electron chi connectivity index (χ2n) is 5.49. The van der Waals surface area contributed by atoms with Crippen LogP contribution in [0.2, 0.25) is 0 Å². The summed E-state index contributed by atoms with van der Waals surface area (Å²) < 4.78 is 16.4. The van der Waals surface area contributed by atoms with Crippen LogP contribution >= 0.6 is 0 Å². The molecule has 2 fully saturated rings. The Hall–Kier alpha value is -2.08. The van der Waals surface area contributed by atoms with Gasteiger partial charge in [0.15, 0.2) is 6.10 Å².